The molecule has 3 heterocycles. The Labute approximate surface area is 184 Å². The Morgan fingerprint density at radius 1 is 1.26 bits per heavy atom. The number of anilines is 1. The third kappa shape index (κ3) is 4.62. The van der Waals surface area contributed by atoms with Crippen molar-refractivity contribution in [2.75, 3.05) is 24.5 Å². The van der Waals surface area contributed by atoms with Crippen molar-refractivity contribution in [1.29, 1.82) is 5.26 Å². The molecule has 0 aliphatic carbocycles. The molecule has 0 atom stereocenters. The lowest BCUT2D eigenvalue weighted by atomic mass is 9.93. The van der Waals surface area contributed by atoms with Crippen LogP contribution in [0.2, 0.25) is 0 Å². The second kappa shape index (κ2) is 9.32. The van der Waals surface area contributed by atoms with E-state index < -0.39 is 0 Å². The number of piperidine rings is 1. The summed E-state index contributed by atoms with van der Waals surface area (Å²) in [5, 5.41) is 12.8. The number of amides is 1. The molecule has 2 aliphatic rings. The molecule has 2 aromatic rings. The summed E-state index contributed by atoms with van der Waals surface area (Å²) in [6.45, 7) is 9.78. The fourth-order valence-electron chi connectivity index (χ4n) is 4.68. The smallest absolute Gasteiger partial charge is 0.243 e. The minimum Gasteiger partial charge on any atom is -0.356 e. The van der Waals surface area contributed by atoms with Gasteiger partial charge in [0, 0.05) is 44.3 Å². The molecule has 31 heavy (non-hydrogen) atoms. The number of nitriles is 1. The van der Waals surface area contributed by atoms with E-state index in [0.717, 1.165) is 74.6 Å². The Hall–Kier alpha value is -3.17. The molecule has 1 fully saturated rings. The normalized spacial score (nSPS) is 17.0. The maximum atomic E-state index is 11.6. The predicted molar refractivity (Wildman–Crippen MR) is 122 cm³/mol. The number of carbonyl (C=O) groups is 1. The highest BCUT2D eigenvalue weighted by atomic mass is 16.1. The zero-order valence-corrected chi connectivity index (χ0v) is 18.1. The van der Waals surface area contributed by atoms with Gasteiger partial charge in [0.25, 0.3) is 0 Å². The number of carbonyl (C=O) groups excluding carboxylic acids is 1. The number of fused-ring (bicyclic) bond motifs is 1. The van der Waals surface area contributed by atoms with Crippen LogP contribution in [0.1, 0.15) is 40.8 Å². The largest absolute Gasteiger partial charge is 0.356 e. The first-order chi connectivity index (χ1) is 15.1. The van der Waals surface area contributed by atoms with Crippen molar-refractivity contribution >= 4 is 11.7 Å². The van der Waals surface area contributed by atoms with Gasteiger partial charge in [-0.15, -0.1) is 0 Å². The molecule has 4 rings (SSSR count). The summed E-state index contributed by atoms with van der Waals surface area (Å²) in [5.74, 6) is 0.918. The number of hydrogen-bond acceptors (Lipinski definition) is 5. The predicted octanol–water partition coefficient (Wildman–Crippen LogP) is 3.09. The Morgan fingerprint density at radius 2 is 2.00 bits per heavy atom. The van der Waals surface area contributed by atoms with Gasteiger partial charge in [0.1, 0.15) is 11.9 Å². The van der Waals surface area contributed by atoms with Crippen molar-refractivity contribution in [2.24, 2.45) is 0 Å². The second-order valence-corrected chi connectivity index (χ2v) is 8.39. The quantitative estimate of drug-likeness (QED) is 0.760. The standard InChI is InChI=1S/C25H29N5O/c1-3-24(31)28-20-9-13-30(14-10-20)25-21-11-12-29(16-19-7-5-4-6-8-19)17-23(21)22(15-26)18(2)27-25/h3-8,20H,1,9-14,16-17H2,2H3,(H,28,31). The lowest BCUT2D eigenvalue weighted by Gasteiger charge is -2.37. The molecular formula is C25H29N5O. The van der Waals surface area contributed by atoms with E-state index in [4.69, 9.17) is 4.98 Å². The van der Waals surface area contributed by atoms with Gasteiger partial charge >= 0.3 is 0 Å². The highest BCUT2D eigenvalue weighted by Gasteiger charge is 2.29. The van der Waals surface area contributed by atoms with Crippen LogP contribution in [0.5, 0.6) is 0 Å². The molecule has 1 N–H and O–H groups in total. The number of nitrogens with one attached hydrogen (secondary N) is 1. The molecule has 160 valence electrons. The number of benzene rings is 1. The maximum absolute atomic E-state index is 11.6. The van der Waals surface area contributed by atoms with Crippen LogP contribution in [0.4, 0.5) is 5.82 Å². The van der Waals surface area contributed by atoms with Crippen molar-refractivity contribution in [3.63, 3.8) is 0 Å². The average molecular weight is 416 g/mol. The molecule has 0 bridgehead atoms. The lowest BCUT2D eigenvalue weighted by molar-refractivity contribution is -0.117. The van der Waals surface area contributed by atoms with Crippen LogP contribution < -0.4 is 10.2 Å². The van der Waals surface area contributed by atoms with Gasteiger partial charge in [-0.05, 0) is 43.4 Å². The summed E-state index contributed by atoms with van der Waals surface area (Å²) in [6.07, 6.45) is 3.99. The number of pyridine rings is 1. The number of hydrogen-bond donors (Lipinski definition) is 1. The van der Waals surface area contributed by atoms with Crippen molar-refractivity contribution in [3.8, 4) is 6.07 Å². The summed E-state index contributed by atoms with van der Waals surface area (Å²) in [4.78, 5) is 21.2. The first-order valence-corrected chi connectivity index (χ1v) is 11.0. The van der Waals surface area contributed by atoms with Crippen LogP contribution in [0, 0.1) is 18.3 Å². The van der Waals surface area contributed by atoms with E-state index in [2.05, 4.69) is 52.0 Å². The molecule has 1 aromatic carbocycles. The van der Waals surface area contributed by atoms with Gasteiger partial charge in [0.15, 0.2) is 0 Å². The van der Waals surface area contributed by atoms with E-state index in [9.17, 15) is 10.1 Å². The van der Waals surface area contributed by atoms with Gasteiger partial charge in [-0.1, -0.05) is 36.9 Å². The topological polar surface area (TPSA) is 72.3 Å². The van der Waals surface area contributed by atoms with E-state index in [0.29, 0.717) is 0 Å². The highest BCUT2D eigenvalue weighted by molar-refractivity contribution is 5.87. The second-order valence-electron chi connectivity index (χ2n) is 8.39. The van der Waals surface area contributed by atoms with E-state index in [1.807, 2.05) is 13.0 Å². The average Bonchev–Trinajstić information content (AvgIpc) is 2.79. The summed E-state index contributed by atoms with van der Waals surface area (Å²) in [7, 11) is 0. The third-order valence-corrected chi connectivity index (χ3v) is 6.32. The third-order valence-electron chi connectivity index (χ3n) is 6.32. The molecule has 0 saturated carbocycles. The van der Waals surface area contributed by atoms with Crippen LogP contribution in [0.3, 0.4) is 0 Å². The molecule has 1 amide bonds. The summed E-state index contributed by atoms with van der Waals surface area (Å²) < 4.78 is 0. The van der Waals surface area contributed by atoms with Crippen LogP contribution >= 0.6 is 0 Å². The fraction of sp³-hybridized carbons (Fsp3) is 0.400. The highest BCUT2D eigenvalue weighted by Crippen LogP contribution is 2.33. The molecule has 6 nitrogen and oxygen atoms in total. The van der Waals surface area contributed by atoms with Crippen molar-refractivity contribution in [1.82, 2.24) is 15.2 Å². The van der Waals surface area contributed by atoms with E-state index >= 15 is 0 Å². The number of rotatable bonds is 5. The SMILES string of the molecule is C=CC(=O)NC1CCN(c2nc(C)c(C#N)c3c2CCN(Cc2ccccc2)C3)CC1. The Morgan fingerprint density at radius 3 is 2.68 bits per heavy atom. The van der Waals surface area contributed by atoms with Crippen molar-refractivity contribution < 1.29 is 4.79 Å². The molecule has 6 heteroatoms. The van der Waals surface area contributed by atoms with Crippen LogP contribution in [-0.2, 0) is 24.3 Å². The number of nitrogens with zero attached hydrogens (tertiary/aromatic N) is 4. The van der Waals surface area contributed by atoms with Crippen LogP contribution in [0.15, 0.2) is 43.0 Å². The Balaban J connectivity index is 1.54. The maximum Gasteiger partial charge on any atom is 0.243 e. The van der Waals surface area contributed by atoms with Gasteiger partial charge in [0.2, 0.25) is 5.91 Å². The zero-order chi connectivity index (χ0) is 21.8. The minimum atomic E-state index is -0.110. The molecule has 1 saturated heterocycles. The molecule has 1 aromatic heterocycles. The van der Waals surface area contributed by atoms with E-state index in [-0.39, 0.29) is 11.9 Å². The first kappa shape index (κ1) is 21.1. The fourth-order valence-corrected chi connectivity index (χ4v) is 4.68. The molecule has 0 spiro atoms. The van der Waals surface area contributed by atoms with Crippen molar-refractivity contribution in [3.05, 3.63) is 70.9 Å². The minimum absolute atomic E-state index is 0.110. The van der Waals surface area contributed by atoms with Gasteiger partial charge in [0.05, 0.1) is 11.3 Å². The van der Waals surface area contributed by atoms with Gasteiger partial charge in [-0.25, -0.2) is 4.98 Å². The lowest BCUT2D eigenvalue weighted by Crippen LogP contribution is -2.45. The summed E-state index contributed by atoms with van der Waals surface area (Å²) in [5.41, 5.74) is 5.18. The van der Waals surface area contributed by atoms with Gasteiger partial charge < -0.3 is 10.2 Å². The molecule has 0 unspecified atom stereocenters. The molecule has 2 aliphatic heterocycles. The molecule has 0 radical (unpaired) electrons. The summed E-state index contributed by atoms with van der Waals surface area (Å²) >= 11 is 0. The zero-order valence-electron chi connectivity index (χ0n) is 18.1. The molecular weight excluding hydrogens is 386 g/mol. The van der Waals surface area contributed by atoms with E-state index in [1.54, 1.807) is 0 Å². The van der Waals surface area contributed by atoms with Gasteiger partial charge in [-0.3, -0.25) is 9.69 Å². The van der Waals surface area contributed by atoms with Crippen LogP contribution in [0.25, 0.3) is 0 Å². The van der Waals surface area contributed by atoms with E-state index in [1.165, 1.54) is 17.2 Å². The van der Waals surface area contributed by atoms with Crippen molar-refractivity contribution in [2.45, 2.75) is 45.3 Å². The monoisotopic (exact) mass is 415 g/mol. The Kier molecular flexibility index (Phi) is 6.34. The Bertz CT molecular complexity index is 1000. The van der Waals surface area contributed by atoms with Crippen LogP contribution in [-0.4, -0.2) is 41.5 Å². The number of aryl methyl sites for hydroxylation is 1. The first-order valence-electron chi connectivity index (χ1n) is 11.0. The summed E-state index contributed by atoms with van der Waals surface area (Å²) in [6, 6.07) is 13.1. The number of aromatic nitrogens is 1. The van der Waals surface area contributed by atoms with Gasteiger partial charge in [-0.2, -0.15) is 5.26 Å².